The van der Waals surface area contributed by atoms with E-state index in [4.69, 9.17) is 5.73 Å². The number of aryl methyl sites for hydroxylation is 1. The molecule has 2 saturated carbocycles. The van der Waals surface area contributed by atoms with Gasteiger partial charge in [-0.25, -0.2) is 0 Å². The quantitative estimate of drug-likeness (QED) is 0.866. The van der Waals surface area contributed by atoms with Crippen LogP contribution >= 0.6 is 0 Å². The van der Waals surface area contributed by atoms with Gasteiger partial charge in [-0.3, -0.25) is 4.98 Å². The van der Waals surface area contributed by atoms with Crippen LogP contribution in [-0.2, 0) is 0 Å². The van der Waals surface area contributed by atoms with E-state index in [1.165, 1.54) is 36.8 Å². The average molecular weight is 230 g/mol. The highest BCUT2D eigenvalue weighted by molar-refractivity contribution is 5.24. The molecule has 2 aliphatic rings. The van der Waals surface area contributed by atoms with Crippen molar-refractivity contribution in [1.82, 2.24) is 4.98 Å². The van der Waals surface area contributed by atoms with Gasteiger partial charge in [-0.1, -0.05) is 6.42 Å². The summed E-state index contributed by atoms with van der Waals surface area (Å²) in [5.41, 5.74) is 8.90. The number of fused-ring (bicyclic) bond motifs is 2. The van der Waals surface area contributed by atoms with Crippen LogP contribution in [0.4, 0.5) is 0 Å². The van der Waals surface area contributed by atoms with Crippen LogP contribution in [0.2, 0.25) is 0 Å². The molecule has 4 unspecified atom stereocenters. The van der Waals surface area contributed by atoms with Crippen LogP contribution < -0.4 is 5.73 Å². The van der Waals surface area contributed by atoms with E-state index in [1.807, 2.05) is 12.4 Å². The molecule has 3 rings (SSSR count). The Morgan fingerprint density at radius 3 is 2.94 bits per heavy atom. The van der Waals surface area contributed by atoms with E-state index in [9.17, 15) is 0 Å². The Hall–Kier alpha value is -0.890. The van der Waals surface area contributed by atoms with E-state index < -0.39 is 0 Å². The minimum atomic E-state index is 0.188. The Bertz CT molecular complexity index is 402. The number of hydrogen-bond acceptors (Lipinski definition) is 2. The molecule has 0 radical (unpaired) electrons. The third kappa shape index (κ3) is 2.11. The second-order valence-corrected chi connectivity index (χ2v) is 6.01. The van der Waals surface area contributed by atoms with Gasteiger partial charge in [0.25, 0.3) is 0 Å². The van der Waals surface area contributed by atoms with E-state index in [0.29, 0.717) is 0 Å². The van der Waals surface area contributed by atoms with Crippen LogP contribution in [-0.4, -0.2) is 4.98 Å². The van der Waals surface area contributed by atoms with Crippen molar-refractivity contribution >= 4 is 0 Å². The fraction of sp³-hybridized carbons (Fsp3) is 0.667. The summed E-state index contributed by atoms with van der Waals surface area (Å²) in [6.07, 6.45) is 10.8. The predicted molar refractivity (Wildman–Crippen MR) is 69.5 cm³/mol. The smallest absolute Gasteiger partial charge is 0.0318 e. The SMILES string of the molecule is Cc1ccncc1C(N)CC1CC2CCC1C2. The normalized spacial score (nSPS) is 32.9. The second-order valence-electron chi connectivity index (χ2n) is 6.01. The van der Waals surface area contributed by atoms with Gasteiger partial charge in [0, 0.05) is 18.4 Å². The first-order valence-electron chi connectivity index (χ1n) is 6.90. The highest BCUT2D eigenvalue weighted by Gasteiger charge is 2.39. The molecule has 0 aromatic carbocycles. The van der Waals surface area contributed by atoms with Gasteiger partial charge in [0.05, 0.1) is 0 Å². The molecular weight excluding hydrogens is 208 g/mol. The maximum absolute atomic E-state index is 6.37. The molecule has 92 valence electrons. The van der Waals surface area contributed by atoms with Crippen molar-refractivity contribution in [3.8, 4) is 0 Å². The summed E-state index contributed by atoms with van der Waals surface area (Å²) in [4.78, 5) is 4.21. The van der Waals surface area contributed by atoms with Crippen molar-refractivity contribution in [2.45, 2.75) is 45.1 Å². The van der Waals surface area contributed by atoms with E-state index in [0.717, 1.165) is 24.2 Å². The molecule has 0 amide bonds. The molecule has 0 saturated heterocycles. The lowest BCUT2D eigenvalue weighted by Crippen LogP contribution is -2.20. The van der Waals surface area contributed by atoms with Gasteiger partial charge in [0.2, 0.25) is 0 Å². The van der Waals surface area contributed by atoms with Crippen LogP contribution in [0, 0.1) is 24.7 Å². The lowest BCUT2D eigenvalue weighted by Gasteiger charge is -2.25. The summed E-state index contributed by atoms with van der Waals surface area (Å²) in [6.45, 7) is 2.14. The summed E-state index contributed by atoms with van der Waals surface area (Å²) in [7, 11) is 0. The molecule has 17 heavy (non-hydrogen) atoms. The number of nitrogens with two attached hydrogens (primary N) is 1. The van der Waals surface area contributed by atoms with E-state index in [2.05, 4.69) is 18.0 Å². The van der Waals surface area contributed by atoms with Crippen LogP contribution in [0.25, 0.3) is 0 Å². The topological polar surface area (TPSA) is 38.9 Å². The first-order chi connectivity index (χ1) is 8.24. The zero-order valence-electron chi connectivity index (χ0n) is 10.6. The molecule has 1 aromatic heterocycles. The van der Waals surface area contributed by atoms with Crippen molar-refractivity contribution < 1.29 is 0 Å². The summed E-state index contributed by atoms with van der Waals surface area (Å²) in [5, 5.41) is 0. The number of nitrogens with zero attached hydrogens (tertiary/aromatic N) is 1. The summed E-state index contributed by atoms with van der Waals surface area (Å²) >= 11 is 0. The average Bonchev–Trinajstić information content (AvgIpc) is 2.91. The van der Waals surface area contributed by atoms with Crippen LogP contribution in [0.1, 0.15) is 49.3 Å². The molecule has 0 spiro atoms. The van der Waals surface area contributed by atoms with Crippen molar-refractivity contribution in [2.75, 3.05) is 0 Å². The Morgan fingerprint density at radius 1 is 1.41 bits per heavy atom. The molecule has 2 aliphatic carbocycles. The lowest BCUT2D eigenvalue weighted by molar-refractivity contribution is 0.296. The third-order valence-electron chi connectivity index (χ3n) is 4.92. The predicted octanol–water partition coefficient (Wildman–Crippen LogP) is 3.22. The highest BCUT2D eigenvalue weighted by Crippen LogP contribution is 2.50. The Balaban J connectivity index is 1.68. The van der Waals surface area contributed by atoms with Gasteiger partial charge in [0.1, 0.15) is 0 Å². The number of aromatic nitrogens is 1. The van der Waals surface area contributed by atoms with Gasteiger partial charge in [-0.2, -0.15) is 0 Å². The molecule has 1 heterocycles. The van der Waals surface area contributed by atoms with Gasteiger partial charge in [0.15, 0.2) is 0 Å². The van der Waals surface area contributed by atoms with Crippen molar-refractivity contribution in [1.29, 1.82) is 0 Å². The monoisotopic (exact) mass is 230 g/mol. The Labute approximate surface area is 104 Å². The maximum atomic E-state index is 6.37. The van der Waals surface area contributed by atoms with Crippen LogP contribution in [0.15, 0.2) is 18.5 Å². The summed E-state index contributed by atoms with van der Waals surface area (Å²) in [6, 6.07) is 2.25. The molecule has 2 nitrogen and oxygen atoms in total. The van der Waals surface area contributed by atoms with E-state index >= 15 is 0 Å². The molecule has 2 bridgehead atoms. The third-order valence-corrected chi connectivity index (χ3v) is 4.92. The van der Waals surface area contributed by atoms with Crippen LogP contribution in [0.5, 0.6) is 0 Å². The maximum Gasteiger partial charge on any atom is 0.0318 e. The van der Waals surface area contributed by atoms with Gasteiger partial charge in [-0.15, -0.1) is 0 Å². The molecular formula is C15H22N2. The first-order valence-corrected chi connectivity index (χ1v) is 6.90. The van der Waals surface area contributed by atoms with Crippen molar-refractivity contribution in [2.24, 2.45) is 23.5 Å². The second kappa shape index (κ2) is 4.41. The minimum absolute atomic E-state index is 0.188. The summed E-state index contributed by atoms with van der Waals surface area (Å²) in [5.74, 6) is 2.87. The van der Waals surface area contributed by atoms with Crippen molar-refractivity contribution in [3.05, 3.63) is 29.6 Å². The molecule has 0 aliphatic heterocycles. The van der Waals surface area contributed by atoms with Gasteiger partial charge in [-0.05, 0) is 67.6 Å². The fourth-order valence-electron chi connectivity index (χ4n) is 3.98. The number of rotatable bonds is 3. The van der Waals surface area contributed by atoms with Gasteiger partial charge < -0.3 is 5.73 Å². The lowest BCUT2D eigenvalue weighted by atomic mass is 9.83. The standard InChI is InChI=1S/C15H22N2/c1-10-4-5-17-9-14(10)15(16)8-13-7-11-2-3-12(13)6-11/h4-5,9,11-13,15H,2-3,6-8,16H2,1H3. The zero-order valence-corrected chi connectivity index (χ0v) is 10.6. The first kappa shape index (κ1) is 11.2. The zero-order chi connectivity index (χ0) is 11.8. The van der Waals surface area contributed by atoms with E-state index in [-0.39, 0.29) is 6.04 Å². The Morgan fingerprint density at radius 2 is 2.29 bits per heavy atom. The summed E-state index contributed by atoms with van der Waals surface area (Å²) < 4.78 is 0. The van der Waals surface area contributed by atoms with Crippen molar-refractivity contribution in [3.63, 3.8) is 0 Å². The number of pyridine rings is 1. The van der Waals surface area contributed by atoms with E-state index in [1.54, 1.807) is 0 Å². The molecule has 2 fully saturated rings. The Kier molecular flexibility index (Phi) is 2.91. The molecule has 2 N–H and O–H groups in total. The molecule has 1 aromatic rings. The number of hydrogen-bond donors (Lipinski definition) is 1. The molecule has 2 heteroatoms. The van der Waals surface area contributed by atoms with Crippen LogP contribution in [0.3, 0.4) is 0 Å². The fourth-order valence-corrected chi connectivity index (χ4v) is 3.98. The largest absolute Gasteiger partial charge is 0.324 e. The highest BCUT2D eigenvalue weighted by atomic mass is 14.7. The molecule has 4 atom stereocenters. The minimum Gasteiger partial charge on any atom is -0.324 e. The van der Waals surface area contributed by atoms with Gasteiger partial charge >= 0.3 is 0 Å².